The van der Waals surface area contributed by atoms with Gasteiger partial charge in [0, 0.05) is 13.2 Å². The van der Waals surface area contributed by atoms with Crippen LogP contribution in [0.25, 0.3) is 0 Å². The van der Waals surface area contributed by atoms with Gasteiger partial charge in [0.2, 0.25) is 0 Å². The summed E-state index contributed by atoms with van der Waals surface area (Å²) >= 11 is 0. The Morgan fingerprint density at radius 1 is 1.58 bits per heavy atom. The van der Waals surface area contributed by atoms with Gasteiger partial charge in [-0.05, 0) is 11.6 Å². The smallest absolute Gasteiger partial charge is 0.0691 e. The lowest BCUT2D eigenvalue weighted by molar-refractivity contribution is 0.774. The Kier molecular flexibility index (Phi) is 2.75. The highest BCUT2D eigenvalue weighted by Crippen LogP contribution is 2.12. The third-order valence-corrected chi connectivity index (χ3v) is 1.86. The first-order valence-electron chi connectivity index (χ1n) is 3.92. The highest BCUT2D eigenvalue weighted by molar-refractivity contribution is 5.38. The van der Waals surface area contributed by atoms with Crippen molar-refractivity contribution >= 4 is 0 Å². The molecule has 0 aromatic rings. The summed E-state index contributed by atoms with van der Waals surface area (Å²) in [6.07, 6.45) is 7.68. The number of hydrogen-bond acceptors (Lipinski definition) is 2. The minimum Gasteiger partial charge on any atom is -0.387 e. The number of allylic oxidation sites excluding steroid dienone is 1. The molecule has 0 bridgehead atoms. The van der Waals surface area contributed by atoms with Crippen molar-refractivity contribution < 1.29 is 0 Å². The Morgan fingerprint density at radius 3 is 2.83 bits per heavy atom. The summed E-state index contributed by atoms with van der Waals surface area (Å²) in [6, 6.07) is 0.194. The van der Waals surface area contributed by atoms with Crippen molar-refractivity contribution in [1.29, 1.82) is 0 Å². The van der Waals surface area contributed by atoms with Crippen molar-refractivity contribution in [1.82, 2.24) is 10.6 Å². The van der Waals surface area contributed by atoms with Crippen molar-refractivity contribution in [3.05, 3.63) is 48.9 Å². The topological polar surface area (TPSA) is 24.1 Å². The summed E-state index contributed by atoms with van der Waals surface area (Å²) in [5.41, 5.74) is 2.19. The fourth-order valence-electron chi connectivity index (χ4n) is 1.12. The zero-order valence-electron chi connectivity index (χ0n) is 7.30. The minimum atomic E-state index is 0.194. The molecule has 0 spiro atoms. The van der Waals surface area contributed by atoms with Crippen LogP contribution in [0, 0.1) is 0 Å². The fourth-order valence-corrected chi connectivity index (χ4v) is 1.12. The van der Waals surface area contributed by atoms with Crippen LogP contribution in [0.3, 0.4) is 0 Å². The number of likely N-dealkylation sites (N-methyl/N-ethyl adjacent to an activating group) is 1. The number of nitrogens with one attached hydrogen (secondary N) is 2. The highest BCUT2D eigenvalue weighted by atomic mass is 14.9. The Morgan fingerprint density at radius 2 is 2.33 bits per heavy atom. The average molecular weight is 162 g/mol. The second-order valence-electron chi connectivity index (χ2n) is 2.58. The van der Waals surface area contributed by atoms with Gasteiger partial charge in [-0.25, -0.2) is 0 Å². The normalized spacial score (nSPS) is 21.6. The molecule has 1 rings (SSSR count). The second kappa shape index (κ2) is 3.81. The van der Waals surface area contributed by atoms with Gasteiger partial charge in [-0.1, -0.05) is 18.7 Å². The molecule has 0 fully saturated rings. The molecule has 12 heavy (non-hydrogen) atoms. The highest BCUT2D eigenvalue weighted by Gasteiger charge is 2.09. The van der Waals surface area contributed by atoms with Gasteiger partial charge >= 0.3 is 0 Å². The van der Waals surface area contributed by atoms with Crippen LogP contribution in [0.5, 0.6) is 0 Å². The monoisotopic (exact) mass is 162 g/mol. The predicted octanol–water partition coefficient (Wildman–Crippen LogP) is 1.32. The first-order valence-corrected chi connectivity index (χ1v) is 3.92. The van der Waals surface area contributed by atoms with Crippen LogP contribution in [0.4, 0.5) is 0 Å². The summed E-state index contributed by atoms with van der Waals surface area (Å²) in [5.74, 6) is 0. The minimum absolute atomic E-state index is 0.194. The van der Waals surface area contributed by atoms with Crippen molar-refractivity contribution in [2.75, 3.05) is 7.05 Å². The van der Waals surface area contributed by atoms with E-state index in [9.17, 15) is 0 Å². The maximum atomic E-state index is 3.74. The zero-order chi connectivity index (χ0) is 8.97. The molecule has 0 radical (unpaired) electrons. The van der Waals surface area contributed by atoms with Crippen LogP contribution >= 0.6 is 0 Å². The Balaban J connectivity index is 2.84. The SMILES string of the molecule is C=CC1=CC(NC)=CNC1C=C. The molecule has 0 aromatic carbocycles. The summed E-state index contributed by atoms with van der Waals surface area (Å²) in [6.45, 7) is 7.47. The Labute approximate surface area is 73.4 Å². The summed E-state index contributed by atoms with van der Waals surface area (Å²) in [5, 5.41) is 6.24. The number of hydrogen-bond donors (Lipinski definition) is 2. The van der Waals surface area contributed by atoms with Crippen molar-refractivity contribution in [3.8, 4) is 0 Å². The van der Waals surface area contributed by atoms with Gasteiger partial charge in [0.1, 0.15) is 0 Å². The first-order chi connectivity index (χ1) is 5.81. The molecular weight excluding hydrogens is 148 g/mol. The van der Waals surface area contributed by atoms with Crippen LogP contribution in [0.1, 0.15) is 0 Å². The van der Waals surface area contributed by atoms with E-state index in [2.05, 4.69) is 29.9 Å². The van der Waals surface area contributed by atoms with E-state index in [-0.39, 0.29) is 6.04 Å². The largest absolute Gasteiger partial charge is 0.387 e. The zero-order valence-corrected chi connectivity index (χ0v) is 7.30. The van der Waals surface area contributed by atoms with E-state index >= 15 is 0 Å². The fraction of sp³-hybridized carbons (Fsp3) is 0.200. The third kappa shape index (κ3) is 1.59. The molecule has 0 aliphatic carbocycles. The van der Waals surface area contributed by atoms with E-state index in [0.29, 0.717) is 0 Å². The molecule has 64 valence electrons. The maximum Gasteiger partial charge on any atom is 0.0691 e. The van der Waals surface area contributed by atoms with E-state index < -0.39 is 0 Å². The number of dihydropyridines is 1. The Hall–Kier alpha value is -1.44. The predicted molar refractivity (Wildman–Crippen MR) is 52.5 cm³/mol. The van der Waals surface area contributed by atoms with Gasteiger partial charge in [-0.15, -0.1) is 6.58 Å². The molecule has 0 aromatic heterocycles. The quantitative estimate of drug-likeness (QED) is 0.611. The molecule has 0 saturated heterocycles. The van der Waals surface area contributed by atoms with Gasteiger partial charge < -0.3 is 10.6 Å². The molecule has 0 amide bonds. The molecule has 1 heterocycles. The average Bonchev–Trinajstić information content (AvgIpc) is 2.16. The molecular formula is C10H14N2. The van der Waals surface area contributed by atoms with Gasteiger partial charge in [-0.3, -0.25) is 0 Å². The van der Waals surface area contributed by atoms with E-state index in [1.807, 2.05) is 25.4 Å². The van der Waals surface area contributed by atoms with Gasteiger partial charge in [-0.2, -0.15) is 0 Å². The van der Waals surface area contributed by atoms with E-state index in [0.717, 1.165) is 11.3 Å². The third-order valence-electron chi connectivity index (χ3n) is 1.86. The summed E-state index contributed by atoms with van der Waals surface area (Å²) < 4.78 is 0. The molecule has 2 N–H and O–H groups in total. The first kappa shape index (κ1) is 8.65. The number of rotatable bonds is 3. The van der Waals surface area contributed by atoms with Crippen LogP contribution in [-0.4, -0.2) is 13.1 Å². The van der Waals surface area contributed by atoms with Gasteiger partial charge in [0.15, 0.2) is 0 Å². The second-order valence-corrected chi connectivity index (χ2v) is 2.58. The van der Waals surface area contributed by atoms with Gasteiger partial charge in [0.05, 0.1) is 11.7 Å². The molecule has 0 saturated carbocycles. The lowest BCUT2D eigenvalue weighted by Gasteiger charge is -2.20. The molecule has 2 heteroatoms. The summed E-state index contributed by atoms with van der Waals surface area (Å²) in [4.78, 5) is 0. The molecule has 2 nitrogen and oxygen atoms in total. The lowest BCUT2D eigenvalue weighted by Crippen LogP contribution is -2.28. The molecule has 1 aliphatic heterocycles. The van der Waals surface area contributed by atoms with Crippen LogP contribution in [0.2, 0.25) is 0 Å². The van der Waals surface area contributed by atoms with Crippen LogP contribution in [0.15, 0.2) is 48.9 Å². The van der Waals surface area contributed by atoms with Crippen LogP contribution in [-0.2, 0) is 0 Å². The van der Waals surface area contributed by atoms with Crippen LogP contribution < -0.4 is 10.6 Å². The molecule has 1 atom stereocenters. The van der Waals surface area contributed by atoms with E-state index in [1.54, 1.807) is 0 Å². The van der Waals surface area contributed by atoms with Crippen molar-refractivity contribution in [3.63, 3.8) is 0 Å². The van der Waals surface area contributed by atoms with E-state index in [4.69, 9.17) is 0 Å². The standard InChI is InChI=1S/C10H14N2/c1-4-8-6-9(11-3)7-12-10(8)5-2/h4-7,10-12H,1-2H2,3H3. The maximum absolute atomic E-state index is 3.74. The molecule has 1 aliphatic rings. The van der Waals surface area contributed by atoms with Crippen molar-refractivity contribution in [2.24, 2.45) is 0 Å². The van der Waals surface area contributed by atoms with Gasteiger partial charge in [0.25, 0.3) is 0 Å². The lowest BCUT2D eigenvalue weighted by atomic mass is 10.0. The Bertz CT molecular complexity index is 249. The molecule has 1 unspecified atom stereocenters. The van der Waals surface area contributed by atoms with Crippen molar-refractivity contribution in [2.45, 2.75) is 6.04 Å². The summed E-state index contributed by atoms with van der Waals surface area (Å²) in [7, 11) is 1.89. The van der Waals surface area contributed by atoms with E-state index in [1.165, 1.54) is 0 Å².